The van der Waals surface area contributed by atoms with Crippen molar-refractivity contribution in [1.29, 1.82) is 0 Å². The highest BCUT2D eigenvalue weighted by molar-refractivity contribution is 6.25. The molecule has 0 radical (unpaired) electrons. The number of nitrogens with two attached hydrogens (primary N) is 1. The van der Waals surface area contributed by atoms with Crippen LogP contribution in [0.1, 0.15) is 70.6 Å². The second kappa shape index (κ2) is 14.3. The van der Waals surface area contributed by atoms with Crippen molar-refractivity contribution in [3.05, 3.63) is 52.8 Å². The summed E-state index contributed by atoms with van der Waals surface area (Å²) >= 11 is 0. The molecule has 0 aliphatic carbocycles. The second-order valence-electron chi connectivity index (χ2n) is 11.8. The van der Waals surface area contributed by atoms with E-state index in [1.807, 2.05) is 13.8 Å². The van der Waals surface area contributed by atoms with Gasteiger partial charge in [-0.05, 0) is 51.3 Å². The number of carbonyl (C=O) groups is 5. The predicted molar refractivity (Wildman–Crippen MR) is 166 cm³/mol. The summed E-state index contributed by atoms with van der Waals surface area (Å²) < 4.78 is 26.0. The number of ether oxygens (including phenoxy) is 2. The number of imide groups is 2. The standard InChI is InChI=1S/C32H39FN6O7/c1-18(2)46-20-16-22(28(33)23(34)17-20)29(41)36-19-8-11-38(12-9-19)13-15-45-14-10-35-24-5-3-4-21-27(24)32(44)39(31(21)43)25-6-7-26(40)37-30(25)42/h3-5,16-19,25,35H,6-15,34H2,1-2H3,(H,36,41)(H,37,40,42). The van der Waals surface area contributed by atoms with Gasteiger partial charge >= 0.3 is 0 Å². The van der Waals surface area contributed by atoms with Crippen molar-refractivity contribution in [2.24, 2.45) is 0 Å². The van der Waals surface area contributed by atoms with E-state index in [0.29, 0.717) is 50.6 Å². The van der Waals surface area contributed by atoms with Gasteiger partial charge in [-0.15, -0.1) is 0 Å². The Morgan fingerprint density at radius 2 is 1.85 bits per heavy atom. The molecule has 0 saturated carbocycles. The van der Waals surface area contributed by atoms with E-state index in [9.17, 15) is 28.4 Å². The number of amides is 5. The summed E-state index contributed by atoms with van der Waals surface area (Å²) in [6.07, 6.45) is 1.41. The fraction of sp³-hybridized carbons (Fsp3) is 0.469. The third-order valence-corrected chi connectivity index (χ3v) is 8.20. The summed E-state index contributed by atoms with van der Waals surface area (Å²) in [7, 11) is 0. The number of hydrogen-bond acceptors (Lipinski definition) is 10. The molecule has 5 amide bonds. The molecule has 0 bridgehead atoms. The van der Waals surface area contributed by atoms with E-state index < -0.39 is 41.4 Å². The van der Waals surface area contributed by atoms with Gasteiger partial charge in [0.2, 0.25) is 11.8 Å². The van der Waals surface area contributed by atoms with E-state index in [0.717, 1.165) is 18.0 Å². The molecule has 3 aliphatic heterocycles. The lowest BCUT2D eigenvalue weighted by Gasteiger charge is -2.32. The number of fused-ring (bicyclic) bond motifs is 1. The smallest absolute Gasteiger partial charge is 0.264 e. The van der Waals surface area contributed by atoms with Crippen LogP contribution in [0.4, 0.5) is 15.8 Å². The molecule has 5 rings (SSSR count). The molecule has 2 fully saturated rings. The average Bonchev–Trinajstić information content (AvgIpc) is 3.27. The van der Waals surface area contributed by atoms with Crippen LogP contribution in [0.25, 0.3) is 0 Å². The van der Waals surface area contributed by atoms with Crippen molar-refractivity contribution in [2.75, 3.05) is 50.4 Å². The molecule has 0 aromatic heterocycles. The first-order chi connectivity index (χ1) is 22.0. The first-order valence-corrected chi connectivity index (χ1v) is 15.5. The van der Waals surface area contributed by atoms with Gasteiger partial charge in [0.1, 0.15) is 11.8 Å². The third kappa shape index (κ3) is 7.29. The average molecular weight is 639 g/mol. The summed E-state index contributed by atoms with van der Waals surface area (Å²) in [6, 6.07) is 6.54. The van der Waals surface area contributed by atoms with Gasteiger partial charge in [-0.2, -0.15) is 0 Å². The molecule has 2 saturated heterocycles. The lowest BCUT2D eigenvalue weighted by molar-refractivity contribution is -0.136. The number of benzene rings is 2. The Labute approximate surface area is 265 Å². The molecule has 2 aromatic rings. The molecule has 2 aromatic carbocycles. The van der Waals surface area contributed by atoms with Crippen LogP contribution in [-0.4, -0.2) is 96.9 Å². The molecule has 0 spiro atoms. The Balaban J connectivity index is 1.03. The van der Waals surface area contributed by atoms with Gasteiger partial charge in [0, 0.05) is 50.4 Å². The summed E-state index contributed by atoms with van der Waals surface area (Å²) in [5.74, 6) is -3.14. The summed E-state index contributed by atoms with van der Waals surface area (Å²) in [6.45, 7) is 7.04. The lowest BCUT2D eigenvalue weighted by Crippen LogP contribution is -2.54. The van der Waals surface area contributed by atoms with Crippen LogP contribution in [0.2, 0.25) is 0 Å². The Morgan fingerprint density at radius 3 is 2.57 bits per heavy atom. The zero-order valence-corrected chi connectivity index (χ0v) is 25.9. The van der Waals surface area contributed by atoms with Crippen molar-refractivity contribution in [2.45, 2.75) is 57.7 Å². The number of likely N-dealkylation sites (tertiary alicyclic amines) is 1. The zero-order valence-electron chi connectivity index (χ0n) is 25.9. The van der Waals surface area contributed by atoms with Gasteiger partial charge < -0.3 is 30.7 Å². The molecule has 5 N–H and O–H groups in total. The van der Waals surface area contributed by atoms with Crippen LogP contribution in [0, 0.1) is 5.82 Å². The van der Waals surface area contributed by atoms with E-state index in [1.165, 1.54) is 12.1 Å². The highest BCUT2D eigenvalue weighted by Crippen LogP contribution is 2.32. The summed E-state index contributed by atoms with van der Waals surface area (Å²) in [5, 5.41) is 8.27. The summed E-state index contributed by atoms with van der Waals surface area (Å²) in [5.41, 5.74) is 6.37. The van der Waals surface area contributed by atoms with Gasteiger partial charge in [0.05, 0.1) is 41.7 Å². The minimum atomic E-state index is -1.02. The van der Waals surface area contributed by atoms with Crippen molar-refractivity contribution >= 4 is 40.9 Å². The monoisotopic (exact) mass is 638 g/mol. The molecule has 3 heterocycles. The Kier molecular flexibility index (Phi) is 10.2. The molecule has 1 unspecified atom stereocenters. The molecule has 3 aliphatic rings. The minimum Gasteiger partial charge on any atom is -0.491 e. The maximum Gasteiger partial charge on any atom is 0.264 e. The van der Waals surface area contributed by atoms with Gasteiger partial charge in [-0.1, -0.05) is 6.07 Å². The van der Waals surface area contributed by atoms with Gasteiger partial charge in [0.15, 0.2) is 5.82 Å². The number of hydrogen-bond donors (Lipinski definition) is 4. The van der Waals surface area contributed by atoms with Crippen LogP contribution in [0.15, 0.2) is 30.3 Å². The molecule has 246 valence electrons. The SMILES string of the molecule is CC(C)Oc1cc(N)c(F)c(C(=O)NC2CCN(CCOCCNc3cccc4c3C(=O)N(C3CCC(=O)NC3=O)C4=O)CC2)c1. The zero-order chi connectivity index (χ0) is 33.0. The number of nitrogens with one attached hydrogen (secondary N) is 3. The molecule has 1 atom stereocenters. The van der Waals surface area contributed by atoms with Gasteiger partial charge in [-0.25, -0.2) is 4.39 Å². The molecule has 13 nitrogen and oxygen atoms in total. The number of nitrogens with zero attached hydrogens (tertiary/aromatic N) is 2. The van der Waals surface area contributed by atoms with Crippen LogP contribution < -0.4 is 26.4 Å². The normalized spacial score (nSPS) is 19.0. The highest BCUT2D eigenvalue weighted by atomic mass is 19.1. The first kappa shape index (κ1) is 32.8. The fourth-order valence-electron chi connectivity index (χ4n) is 5.90. The molecular formula is C32H39FN6O7. The Hall–Kier alpha value is -4.56. The minimum absolute atomic E-state index is 0.0573. The fourth-order valence-corrected chi connectivity index (χ4v) is 5.90. The van der Waals surface area contributed by atoms with Crippen LogP contribution in [0.5, 0.6) is 5.75 Å². The van der Waals surface area contributed by atoms with Crippen LogP contribution in [-0.2, 0) is 14.3 Å². The van der Waals surface area contributed by atoms with E-state index in [1.54, 1.807) is 18.2 Å². The van der Waals surface area contributed by atoms with Crippen molar-refractivity contribution in [1.82, 2.24) is 20.4 Å². The summed E-state index contributed by atoms with van der Waals surface area (Å²) in [4.78, 5) is 66.0. The third-order valence-electron chi connectivity index (χ3n) is 8.20. The number of carbonyl (C=O) groups excluding carboxylic acids is 5. The number of anilines is 2. The molecule has 14 heteroatoms. The maximum absolute atomic E-state index is 14.6. The molecular weight excluding hydrogens is 599 g/mol. The largest absolute Gasteiger partial charge is 0.491 e. The van der Waals surface area contributed by atoms with E-state index in [-0.39, 0.29) is 47.4 Å². The highest BCUT2D eigenvalue weighted by Gasteiger charge is 2.45. The number of nitrogen functional groups attached to an aromatic ring is 1. The number of halogens is 1. The van der Waals surface area contributed by atoms with Crippen molar-refractivity contribution in [3.63, 3.8) is 0 Å². The van der Waals surface area contributed by atoms with Crippen molar-refractivity contribution < 1.29 is 37.8 Å². The molecule has 46 heavy (non-hydrogen) atoms. The lowest BCUT2D eigenvalue weighted by atomic mass is 10.0. The van der Waals surface area contributed by atoms with Gasteiger partial charge in [-0.3, -0.25) is 34.2 Å². The van der Waals surface area contributed by atoms with Crippen LogP contribution >= 0.6 is 0 Å². The number of rotatable bonds is 12. The van der Waals surface area contributed by atoms with Gasteiger partial charge in [0.25, 0.3) is 17.7 Å². The topological polar surface area (TPSA) is 172 Å². The van der Waals surface area contributed by atoms with Crippen LogP contribution in [0.3, 0.4) is 0 Å². The van der Waals surface area contributed by atoms with E-state index >= 15 is 0 Å². The second-order valence-corrected chi connectivity index (χ2v) is 11.8. The Morgan fingerprint density at radius 1 is 1.09 bits per heavy atom. The number of piperidine rings is 2. The van der Waals surface area contributed by atoms with E-state index in [2.05, 4.69) is 20.9 Å². The van der Waals surface area contributed by atoms with E-state index in [4.69, 9.17) is 15.2 Å². The Bertz CT molecular complexity index is 1520. The van der Waals surface area contributed by atoms with Crippen molar-refractivity contribution in [3.8, 4) is 5.75 Å². The predicted octanol–water partition coefficient (Wildman–Crippen LogP) is 1.92. The quantitative estimate of drug-likeness (QED) is 0.153. The maximum atomic E-state index is 14.6. The first-order valence-electron chi connectivity index (χ1n) is 15.5.